The molecule has 1 radical (unpaired) electrons. The molecular formula is C7H13N2O2. The molecule has 0 aliphatic carbocycles. The Morgan fingerprint density at radius 2 is 2.18 bits per heavy atom. The highest BCUT2D eigenvalue weighted by molar-refractivity contribution is 5.74. The summed E-state index contributed by atoms with van der Waals surface area (Å²) in [4.78, 5) is 10.8. The summed E-state index contributed by atoms with van der Waals surface area (Å²) >= 11 is 0. The zero-order chi connectivity index (χ0) is 8.10. The molecule has 0 atom stereocenters. The van der Waals surface area contributed by atoms with Crippen LogP contribution in [0.2, 0.25) is 0 Å². The lowest BCUT2D eigenvalue weighted by molar-refractivity contribution is -0.128. The van der Waals surface area contributed by atoms with Crippen molar-refractivity contribution in [2.45, 2.75) is 13.3 Å². The Hall–Kier alpha value is -0.610. The van der Waals surface area contributed by atoms with Crippen molar-refractivity contribution in [1.82, 2.24) is 10.4 Å². The van der Waals surface area contributed by atoms with Gasteiger partial charge >= 0.3 is 0 Å². The van der Waals surface area contributed by atoms with Crippen LogP contribution in [0.5, 0.6) is 0 Å². The van der Waals surface area contributed by atoms with Crippen LogP contribution in [0.3, 0.4) is 0 Å². The van der Waals surface area contributed by atoms with Gasteiger partial charge < -0.3 is 4.74 Å². The Morgan fingerprint density at radius 3 is 2.73 bits per heavy atom. The first kappa shape index (κ1) is 8.49. The fourth-order valence-electron chi connectivity index (χ4n) is 0.882. The average molecular weight is 157 g/mol. The van der Waals surface area contributed by atoms with Gasteiger partial charge in [0.05, 0.1) is 13.2 Å². The Kier molecular flexibility index (Phi) is 3.32. The lowest BCUT2D eigenvalue weighted by Crippen LogP contribution is -2.43. The van der Waals surface area contributed by atoms with E-state index in [4.69, 9.17) is 4.74 Å². The van der Waals surface area contributed by atoms with Crippen molar-refractivity contribution in [2.75, 3.05) is 26.3 Å². The third-order valence-corrected chi connectivity index (χ3v) is 1.54. The number of carbonyl (C=O) groups is 1. The highest BCUT2D eigenvalue weighted by Crippen LogP contribution is 1.94. The summed E-state index contributed by atoms with van der Waals surface area (Å²) < 4.78 is 5.10. The molecule has 0 aromatic carbocycles. The van der Waals surface area contributed by atoms with E-state index in [1.165, 1.54) is 0 Å². The van der Waals surface area contributed by atoms with Gasteiger partial charge in [-0.15, -0.1) is 0 Å². The molecule has 0 aromatic rings. The number of ether oxygens (including phenoxy) is 1. The van der Waals surface area contributed by atoms with Gasteiger partial charge in [0.25, 0.3) is 5.91 Å². The molecule has 4 nitrogen and oxygen atoms in total. The van der Waals surface area contributed by atoms with E-state index in [1.807, 2.05) is 6.92 Å². The first-order valence-electron chi connectivity index (χ1n) is 3.90. The number of morpholine rings is 1. The maximum absolute atomic E-state index is 10.8. The summed E-state index contributed by atoms with van der Waals surface area (Å²) in [5, 5.41) is 1.77. The molecule has 1 fully saturated rings. The van der Waals surface area contributed by atoms with Crippen molar-refractivity contribution < 1.29 is 9.53 Å². The highest BCUT2D eigenvalue weighted by Gasteiger charge is 2.13. The van der Waals surface area contributed by atoms with Crippen LogP contribution in [-0.4, -0.2) is 37.2 Å². The quantitative estimate of drug-likeness (QED) is 0.556. The summed E-state index contributed by atoms with van der Waals surface area (Å²) in [5.74, 6) is -0.0492. The number of hydrogen-bond acceptors (Lipinski definition) is 3. The van der Waals surface area contributed by atoms with E-state index in [2.05, 4.69) is 5.43 Å². The zero-order valence-corrected chi connectivity index (χ0v) is 6.75. The minimum absolute atomic E-state index is 0.0492. The van der Waals surface area contributed by atoms with Crippen molar-refractivity contribution in [2.24, 2.45) is 0 Å². The van der Waals surface area contributed by atoms with Gasteiger partial charge in [-0.05, 0) is 0 Å². The molecule has 11 heavy (non-hydrogen) atoms. The molecule has 0 N–H and O–H groups in total. The first-order valence-corrected chi connectivity index (χ1v) is 3.90. The van der Waals surface area contributed by atoms with Gasteiger partial charge in [0.1, 0.15) is 0 Å². The van der Waals surface area contributed by atoms with Gasteiger partial charge in [0, 0.05) is 19.5 Å². The molecule has 1 saturated heterocycles. The number of nitrogens with zero attached hydrogens (tertiary/aromatic N) is 2. The third-order valence-electron chi connectivity index (χ3n) is 1.54. The van der Waals surface area contributed by atoms with Crippen LogP contribution < -0.4 is 5.43 Å². The van der Waals surface area contributed by atoms with E-state index in [1.54, 1.807) is 5.01 Å². The summed E-state index contributed by atoms with van der Waals surface area (Å²) in [5.41, 5.74) is 3.87. The Bertz CT molecular complexity index is 132. The predicted molar refractivity (Wildman–Crippen MR) is 39.8 cm³/mol. The SMILES string of the molecule is CCC(=O)[N]N1CCOCC1. The molecule has 63 valence electrons. The van der Waals surface area contributed by atoms with E-state index in [-0.39, 0.29) is 5.91 Å². The van der Waals surface area contributed by atoms with Gasteiger partial charge in [0.2, 0.25) is 0 Å². The van der Waals surface area contributed by atoms with Gasteiger partial charge in [-0.2, -0.15) is 10.4 Å². The van der Waals surface area contributed by atoms with Crippen molar-refractivity contribution in [3.63, 3.8) is 0 Å². The lowest BCUT2D eigenvalue weighted by atomic mass is 10.4. The van der Waals surface area contributed by atoms with E-state index in [9.17, 15) is 4.79 Å². The monoisotopic (exact) mass is 157 g/mol. The molecule has 1 aliphatic heterocycles. The molecule has 0 bridgehead atoms. The third kappa shape index (κ3) is 2.86. The van der Waals surface area contributed by atoms with Crippen LogP contribution in [0.1, 0.15) is 13.3 Å². The minimum Gasteiger partial charge on any atom is -0.379 e. The Morgan fingerprint density at radius 1 is 1.55 bits per heavy atom. The molecule has 0 saturated carbocycles. The van der Waals surface area contributed by atoms with Crippen molar-refractivity contribution in [1.29, 1.82) is 0 Å². The minimum atomic E-state index is -0.0492. The Labute approximate surface area is 66.5 Å². The number of rotatable bonds is 2. The maximum Gasteiger partial charge on any atom is 0.257 e. The van der Waals surface area contributed by atoms with Crippen LogP contribution in [-0.2, 0) is 9.53 Å². The number of carbonyl (C=O) groups excluding carboxylic acids is 1. The Balaban J connectivity index is 2.19. The topological polar surface area (TPSA) is 43.6 Å². The molecule has 0 aromatic heterocycles. The summed E-state index contributed by atoms with van der Waals surface area (Å²) in [6, 6.07) is 0. The number of amides is 1. The van der Waals surface area contributed by atoms with Gasteiger partial charge in [-0.1, -0.05) is 6.92 Å². The molecule has 0 spiro atoms. The standard InChI is InChI=1S/C7H13N2O2/c1-2-7(10)8-9-3-5-11-6-4-9/h2-6H2,1H3. The maximum atomic E-state index is 10.8. The second-order valence-corrected chi connectivity index (χ2v) is 2.41. The van der Waals surface area contributed by atoms with Gasteiger partial charge in [-0.3, -0.25) is 4.79 Å². The van der Waals surface area contributed by atoms with Gasteiger partial charge in [-0.25, -0.2) is 0 Å². The normalized spacial score (nSPS) is 19.7. The van der Waals surface area contributed by atoms with E-state index in [0.29, 0.717) is 19.6 Å². The van der Waals surface area contributed by atoms with Crippen LogP contribution in [0.15, 0.2) is 0 Å². The molecule has 1 rings (SSSR count). The van der Waals surface area contributed by atoms with Crippen molar-refractivity contribution >= 4 is 5.91 Å². The van der Waals surface area contributed by atoms with Crippen LogP contribution in [0.4, 0.5) is 0 Å². The van der Waals surface area contributed by atoms with E-state index in [0.717, 1.165) is 13.1 Å². The molecule has 1 heterocycles. The largest absolute Gasteiger partial charge is 0.379 e. The molecular weight excluding hydrogens is 144 g/mol. The fourth-order valence-corrected chi connectivity index (χ4v) is 0.882. The fraction of sp³-hybridized carbons (Fsp3) is 0.857. The van der Waals surface area contributed by atoms with Gasteiger partial charge in [0.15, 0.2) is 0 Å². The zero-order valence-electron chi connectivity index (χ0n) is 6.75. The first-order chi connectivity index (χ1) is 5.33. The second kappa shape index (κ2) is 4.31. The summed E-state index contributed by atoms with van der Waals surface area (Å²) in [6.07, 6.45) is 0.483. The molecule has 1 aliphatic rings. The van der Waals surface area contributed by atoms with Crippen LogP contribution in [0, 0.1) is 0 Å². The summed E-state index contributed by atoms with van der Waals surface area (Å²) in [6.45, 7) is 4.66. The second-order valence-electron chi connectivity index (χ2n) is 2.41. The van der Waals surface area contributed by atoms with Crippen molar-refractivity contribution in [3.8, 4) is 0 Å². The summed E-state index contributed by atoms with van der Waals surface area (Å²) in [7, 11) is 0. The molecule has 4 heteroatoms. The van der Waals surface area contributed by atoms with Crippen LogP contribution in [0.25, 0.3) is 0 Å². The van der Waals surface area contributed by atoms with Crippen molar-refractivity contribution in [3.05, 3.63) is 0 Å². The molecule has 1 amide bonds. The number of hydrogen-bond donors (Lipinski definition) is 0. The van der Waals surface area contributed by atoms with Crippen LogP contribution >= 0.6 is 0 Å². The highest BCUT2D eigenvalue weighted by atomic mass is 16.5. The lowest BCUT2D eigenvalue weighted by Gasteiger charge is -2.24. The van der Waals surface area contributed by atoms with E-state index < -0.39 is 0 Å². The van der Waals surface area contributed by atoms with E-state index >= 15 is 0 Å². The average Bonchev–Trinajstić information content (AvgIpc) is 2.06. The smallest absolute Gasteiger partial charge is 0.257 e. The molecule has 0 unspecified atom stereocenters. The predicted octanol–water partition coefficient (Wildman–Crippen LogP) is -0.225.